The van der Waals surface area contributed by atoms with E-state index in [0.29, 0.717) is 32.7 Å². The minimum absolute atomic E-state index is 0.00774. The molecule has 0 aliphatic heterocycles. The monoisotopic (exact) mass is 561 g/mol. The second-order valence-electron chi connectivity index (χ2n) is 12.3. The van der Waals surface area contributed by atoms with Crippen molar-refractivity contribution in [3.8, 4) is 0 Å². The Balaban J connectivity index is 5.25. The lowest BCUT2D eigenvalue weighted by Crippen LogP contribution is -2.49. The molecule has 0 spiro atoms. The predicted octanol–water partition coefficient (Wildman–Crippen LogP) is 0.164. The maximum atomic E-state index is 12.5. The fraction of sp³-hybridized carbons (Fsp3) is 0.846. The molecule has 0 fully saturated rings. The Morgan fingerprint density at radius 1 is 0.692 bits per heavy atom. The molecule has 0 aromatic carbocycles. The number of esters is 3. The number of nitrogens with one attached hydrogen (secondary N) is 2. The molecule has 0 aromatic rings. The van der Waals surface area contributed by atoms with Crippen LogP contribution in [0.15, 0.2) is 0 Å². The van der Waals surface area contributed by atoms with Gasteiger partial charge in [0, 0.05) is 39.3 Å². The van der Waals surface area contributed by atoms with Crippen molar-refractivity contribution in [1.82, 2.24) is 20.4 Å². The maximum Gasteiger partial charge on any atom is 0.335 e. The number of nitrogens with zero attached hydrogens (tertiary/aromatic N) is 2. The van der Waals surface area contributed by atoms with Gasteiger partial charge in [0.2, 0.25) is 0 Å². The summed E-state index contributed by atoms with van der Waals surface area (Å²) in [6, 6.07) is 0. The number of nitrogens with two attached hydrogens (primary N) is 1. The molecule has 13 heteroatoms. The molecule has 0 aromatic heterocycles. The minimum atomic E-state index is -1.23. The van der Waals surface area contributed by atoms with E-state index in [0.717, 1.165) is 0 Å². The third-order valence-electron chi connectivity index (χ3n) is 4.63. The molecule has 0 radical (unpaired) electrons. The van der Waals surface area contributed by atoms with Gasteiger partial charge in [0.05, 0.1) is 19.6 Å². The van der Waals surface area contributed by atoms with Crippen molar-refractivity contribution in [3.05, 3.63) is 0 Å². The van der Waals surface area contributed by atoms with Gasteiger partial charge in [-0.1, -0.05) is 0 Å². The van der Waals surface area contributed by atoms with Crippen LogP contribution < -0.4 is 16.4 Å². The molecule has 13 nitrogen and oxygen atoms in total. The second-order valence-corrected chi connectivity index (χ2v) is 12.3. The molecule has 0 saturated heterocycles. The molecular formula is C26H51N5O8. The topological polar surface area (TPSA) is 173 Å². The van der Waals surface area contributed by atoms with Crippen molar-refractivity contribution in [1.29, 1.82) is 0 Å². The van der Waals surface area contributed by atoms with Gasteiger partial charge in [-0.25, -0.2) is 4.79 Å². The Labute approximate surface area is 233 Å². The van der Waals surface area contributed by atoms with Crippen LogP contribution in [0.1, 0.15) is 62.3 Å². The quantitative estimate of drug-likeness (QED) is 0.0819. The smallest absolute Gasteiger partial charge is 0.335 e. The number of rotatable bonds is 17. The summed E-state index contributed by atoms with van der Waals surface area (Å²) in [5, 5.41) is 14.7. The normalized spacial score (nSPS) is 13.3. The van der Waals surface area contributed by atoms with Crippen molar-refractivity contribution < 1.29 is 38.5 Å². The van der Waals surface area contributed by atoms with Crippen LogP contribution in [0.4, 0.5) is 0 Å². The zero-order valence-electron chi connectivity index (χ0n) is 25.2. The highest BCUT2D eigenvalue weighted by molar-refractivity contribution is 5.73. The van der Waals surface area contributed by atoms with Crippen LogP contribution in [-0.2, 0) is 33.4 Å². The van der Waals surface area contributed by atoms with Gasteiger partial charge in [0.1, 0.15) is 16.8 Å². The molecule has 0 heterocycles. The van der Waals surface area contributed by atoms with Gasteiger partial charge in [0.15, 0.2) is 6.17 Å². The number of carbonyl (C=O) groups is 4. The first-order valence-corrected chi connectivity index (χ1v) is 13.2. The van der Waals surface area contributed by atoms with E-state index < -0.39 is 40.9 Å². The van der Waals surface area contributed by atoms with Gasteiger partial charge >= 0.3 is 23.9 Å². The number of carbonyl (C=O) groups excluding carboxylic acids is 3. The van der Waals surface area contributed by atoms with E-state index in [4.69, 9.17) is 25.1 Å². The highest BCUT2D eigenvalue weighted by Crippen LogP contribution is 2.09. The molecule has 1 atom stereocenters. The molecule has 0 saturated carbocycles. The van der Waals surface area contributed by atoms with Crippen LogP contribution in [0.5, 0.6) is 0 Å². The Morgan fingerprint density at radius 3 is 1.46 bits per heavy atom. The standard InChI is InChI=1S/C26H51N5O8/c1-24(2,3)37-19(32)16-28-10-12-30(17-20(33)38-25(4,5)6)14-15-31(13-11-29-22(27)23(35)36)18-21(34)39-26(7,8)9/h22,28-29H,10-18,27H2,1-9H3,(H,35,36). The highest BCUT2D eigenvalue weighted by Gasteiger charge is 2.23. The second kappa shape index (κ2) is 16.7. The first-order chi connectivity index (χ1) is 17.7. The summed E-state index contributed by atoms with van der Waals surface area (Å²) in [5.41, 5.74) is 3.64. The first kappa shape index (κ1) is 36.7. The lowest BCUT2D eigenvalue weighted by atomic mass is 10.2. The van der Waals surface area contributed by atoms with E-state index in [-0.39, 0.29) is 32.1 Å². The van der Waals surface area contributed by atoms with Crippen LogP contribution in [0.3, 0.4) is 0 Å². The van der Waals surface area contributed by atoms with Gasteiger partial charge in [0.25, 0.3) is 0 Å². The molecule has 0 bridgehead atoms. The molecule has 228 valence electrons. The summed E-state index contributed by atoms with van der Waals surface area (Å²) in [6.07, 6.45) is -1.23. The van der Waals surface area contributed by atoms with Crippen LogP contribution in [0.2, 0.25) is 0 Å². The minimum Gasteiger partial charge on any atom is -0.479 e. The van der Waals surface area contributed by atoms with E-state index in [1.807, 2.05) is 4.90 Å². The van der Waals surface area contributed by atoms with Crippen molar-refractivity contribution in [2.45, 2.75) is 85.3 Å². The lowest BCUT2D eigenvalue weighted by Gasteiger charge is -2.29. The molecule has 39 heavy (non-hydrogen) atoms. The number of hydrogen-bond donors (Lipinski definition) is 4. The number of carboxylic acid groups (broad SMARTS) is 1. The van der Waals surface area contributed by atoms with Crippen LogP contribution in [-0.4, -0.2) is 121 Å². The molecule has 0 amide bonds. The van der Waals surface area contributed by atoms with Crippen molar-refractivity contribution in [2.24, 2.45) is 5.73 Å². The van der Waals surface area contributed by atoms with Gasteiger partial charge in [-0.2, -0.15) is 0 Å². The Hall–Kier alpha value is -2.32. The fourth-order valence-corrected chi connectivity index (χ4v) is 3.21. The molecule has 1 unspecified atom stereocenters. The summed E-state index contributed by atoms with van der Waals surface area (Å²) >= 11 is 0. The lowest BCUT2D eigenvalue weighted by molar-refractivity contribution is -0.158. The van der Waals surface area contributed by atoms with Gasteiger partial charge in [-0.15, -0.1) is 0 Å². The number of ether oxygens (including phenoxy) is 3. The van der Waals surface area contributed by atoms with Gasteiger partial charge in [-0.3, -0.25) is 29.5 Å². The summed E-state index contributed by atoms with van der Waals surface area (Å²) in [6.45, 7) is 18.2. The highest BCUT2D eigenvalue weighted by atomic mass is 16.6. The summed E-state index contributed by atoms with van der Waals surface area (Å²) in [7, 11) is 0. The van der Waals surface area contributed by atoms with E-state index in [9.17, 15) is 19.2 Å². The molecule has 0 rings (SSSR count). The Morgan fingerprint density at radius 2 is 1.08 bits per heavy atom. The van der Waals surface area contributed by atoms with E-state index in [1.54, 1.807) is 67.2 Å². The molecule has 5 N–H and O–H groups in total. The van der Waals surface area contributed by atoms with Crippen molar-refractivity contribution in [2.75, 3.05) is 58.9 Å². The Bertz CT molecular complexity index is 787. The first-order valence-electron chi connectivity index (χ1n) is 13.2. The number of carboxylic acids is 1. The van der Waals surface area contributed by atoms with Crippen LogP contribution in [0.25, 0.3) is 0 Å². The molecular weight excluding hydrogens is 510 g/mol. The average Bonchev–Trinajstić information content (AvgIpc) is 2.70. The van der Waals surface area contributed by atoms with Gasteiger partial charge < -0.3 is 30.4 Å². The third-order valence-corrected chi connectivity index (χ3v) is 4.63. The summed E-state index contributed by atoms with van der Waals surface area (Å²) in [4.78, 5) is 51.6. The summed E-state index contributed by atoms with van der Waals surface area (Å²) < 4.78 is 16.2. The predicted molar refractivity (Wildman–Crippen MR) is 147 cm³/mol. The number of aliphatic carboxylic acids is 1. The molecule has 0 aliphatic rings. The third kappa shape index (κ3) is 22.2. The van der Waals surface area contributed by atoms with E-state index in [1.165, 1.54) is 0 Å². The van der Waals surface area contributed by atoms with Gasteiger partial charge in [-0.05, 0) is 62.3 Å². The SMILES string of the molecule is CC(C)(C)OC(=O)CNCCN(CCN(CCNC(N)C(=O)O)CC(=O)OC(C)(C)C)CC(=O)OC(C)(C)C. The maximum absolute atomic E-state index is 12.5. The largest absolute Gasteiger partial charge is 0.479 e. The van der Waals surface area contributed by atoms with E-state index in [2.05, 4.69) is 10.6 Å². The summed E-state index contributed by atoms with van der Waals surface area (Å²) in [5.74, 6) is -2.39. The number of hydrogen-bond acceptors (Lipinski definition) is 12. The van der Waals surface area contributed by atoms with Crippen LogP contribution >= 0.6 is 0 Å². The zero-order valence-corrected chi connectivity index (χ0v) is 25.2. The van der Waals surface area contributed by atoms with E-state index >= 15 is 0 Å². The van der Waals surface area contributed by atoms with Crippen molar-refractivity contribution in [3.63, 3.8) is 0 Å². The fourth-order valence-electron chi connectivity index (χ4n) is 3.21. The Kier molecular flexibility index (Phi) is 15.7. The van der Waals surface area contributed by atoms with Crippen LogP contribution in [0, 0.1) is 0 Å². The zero-order chi connectivity index (χ0) is 30.4. The van der Waals surface area contributed by atoms with Crippen molar-refractivity contribution >= 4 is 23.9 Å². The molecule has 0 aliphatic carbocycles. The average molecular weight is 562 g/mol.